The van der Waals surface area contributed by atoms with Crippen LogP contribution in [-0.4, -0.2) is 26.7 Å². The van der Waals surface area contributed by atoms with Gasteiger partial charge in [-0.25, -0.2) is 0 Å². The lowest BCUT2D eigenvalue weighted by atomic mass is 10.1. The zero-order valence-electron chi connectivity index (χ0n) is 13.6. The maximum atomic E-state index is 11.9. The van der Waals surface area contributed by atoms with Gasteiger partial charge in [-0.3, -0.25) is 4.79 Å². The molecule has 1 amide bonds. The summed E-state index contributed by atoms with van der Waals surface area (Å²) < 4.78 is 15.8. The van der Waals surface area contributed by atoms with Gasteiger partial charge in [0.15, 0.2) is 6.61 Å². The van der Waals surface area contributed by atoms with Gasteiger partial charge >= 0.3 is 0 Å². The fourth-order valence-electron chi connectivity index (χ4n) is 1.97. The topological polar surface area (TPSA) is 56.8 Å². The zero-order chi connectivity index (χ0) is 16.7. The SMILES string of the molecule is COc1cc(OC)cc(OCC(=O)NCc2ccc(C)cc2)c1. The van der Waals surface area contributed by atoms with Crippen molar-refractivity contribution < 1.29 is 19.0 Å². The van der Waals surface area contributed by atoms with E-state index in [9.17, 15) is 4.79 Å². The molecule has 23 heavy (non-hydrogen) atoms. The summed E-state index contributed by atoms with van der Waals surface area (Å²) in [5.74, 6) is 1.55. The Labute approximate surface area is 136 Å². The molecule has 5 heteroatoms. The van der Waals surface area contributed by atoms with Crippen molar-refractivity contribution in [2.75, 3.05) is 20.8 Å². The molecule has 2 aromatic carbocycles. The number of ether oxygens (including phenoxy) is 3. The third-order valence-electron chi connectivity index (χ3n) is 3.31. The average molecular weight is 315 g/mol. The molecule has 0 spiro atoms. The number of benzene rings is 2. The van der Waals surface area contributed by atoms with Crippen LogP contribution in [0.1, 0.15) is 11.1 Å². The Bertz CT molecular complexity index is 630. The standard InChI is InChI=1S/C18H21NO4/c1-13-4-6-14(7-5-13)11-19-18(20)12-23-17-9-15(21-2)8-16(10-17)22-3/h4-10H,11-12H2,1-3H3,(H,19,20). The van der Waals surface area contributed by atoms with E-state index in [0.717, 1.165) is 5.56 Å². The summed E-state index contributed by atoms with van der Waals surface area (Å²) in [6.45, 7) is 2.44. The monoisotopic (exact) mass is 315 g/mol. The summed E-state index contributed by atoms with van der Waals surface area (Å²) in [6.07, 6.45) is 0. The molecular weight excluding hydrogens is 294 g/mol. The highest BCUT2D eigenvalue weighted by atomic mass is 16.5. The molecule has 2 aromatic rings. The molecule has 0 aromatic heterocycles. The van der Waals surface area contributed by atoms with Gasteiger partial charge in [0.2, 0.25) is 0 Å². The number of rotatable bonds is 7. The summed E-state index contributed by atoms with van der Waals surface area (Å²) in [7, 11) is 3.12. The quantitative estimate of drug-likeness (QED) is 0.853. The second-order valence-corrected chi connectivity index (χ2v) is 5.10. The maximum Gasteiger partial charge on any atom is 0.258 e. The minimum absolute atomic E-state index is 0.0673. The number of aryl methyl sites for hydroxylation is 1. The van der Waals surface area contributed by atoms with Crippen molar-refractivity contribution in [1.29, 1.82) is 0 Å². The molecule has 0 aliphatic heterocycles. The van der Waals surface area contributed by atoms with E-state index in [1.807, 2.05) is 31.2 Å². The van der Waals surface area contributed by atoms with Crippen molar-refractivity contribution in [3.8, 4) is 17.2 Å². The van der Waals surface area contributed by atoms with Crippen LogP contribution in [-0.2, 0) is 11.3 Å². The van der Waals surface area contributed by atoms with E-state index in [1.165, 1.54) is 5.56 Å². The molecule has 0 bridgehead atoms. The average Bonchev–Trinajstić information content (AvgIpc) is 2.59. The molecule has 0 saturated carbocycles. The second kappa shape index (κ2) is 8.08. The number of nitrogens with one attached hydrogen (secondary N) is 1. The van der Waals surface area contributed by atoms with Gasteiger partial charge in [0.1, 0.15) is 17.2 Å². The Morgan fingerprint density at radius 2 is 1.52 bits per heavy atom. The molecule has 0 heterocycles. The van der Waals surface area contributed by atoms with E-state index in [0.29, 0.717) is 23.8 Å². The van der Waals surface area contributed by atoms with Crippen LogP contribution in [0.3, 0.4) is 0 Å². The van der Waals surface area contributed by atoms with E-state index >= 15 is 0 Å². The molecule has 122 valence electrons. The molecule has 0 atom stereocenters. The van der Waals surface area contributed by atoms with E-state index in [-0.39, 0.29) is 12.5 Å². The van der Waals surface area contributed by atoms with Crippen LogP contribution in [0, 0.1) is 6.92 Å². The highest BCUT2D eigenvalue weighted by Crippen LogP contribution is 2.27. The molecule has 0 fully saturated rings. The van der Waals surface area contributed by atoms with E-state index in [4.69, 9.17) is 14.2 Å². The second-order valence-electron chi connectivity index (χ2n) is 5.10. The maximum absolute atomic E-state index is 11.9. The van der Waals surface area contributed by atoms with Gasteiger partial charge in [0.05, 0.1) is 14.2 Å². The van der Waals surface area contributed by atoms with Crippen LogP contribution in [0.2, 0.25) is 0 Å². The molecule has 5 nitrogen and oxygen atoms in total. The predicted molar refractivity (Wildman–Crippen MR) is 88.1 cm³/mol. The van der Waals surface area contributed by atoms with Gasteiger partial charge in [-0.1, -0.05) is 29.8 Å². The molecular formula is C18H21NO4. The van der Waals surface area contributed by atoms with Crippen LogP contribution in [0.4, 0.5) is 0 Å². The lowest BCUT2D eigenvalue weighted by Crippen LogP contribution is -2.28. The van der Waals surface area contributed by atoms with Crippen LogP contribution >= 0.6 is 0 Å². The third kappa shape index (κ3) is 5.21. The lowest BCUT2D eigenvalue weighted by molar-refractivity contribution is -0.123. The van der Waals surface area contributed by atoms with Crippen LogP contribution in [0.25, 0.3) is 0 Å². The summed E-state index contributed by atoms with van der Waals surface area (Å²) >= 11 is 0. The first kappa shape index (κ1) is 16.7. The van der Waals surface area contributed by atoms with Crippen molar-refractivity contribution >= 4 is 5.91 Å². The molecule has 2 rings (SSSR count). The van der Waals surface area contributed by atoms with Gasteiger partial charge in [-0.05, 0) is 12.5 Å². The summed E-state index contributed by atoms with van der Waals surface area (Å²) in [6, 6.07) is 13.2. The number of carbonyl (C=O) groups excluding carboxylic acids is 1. The van der Waals surface area contributed by atoms with E-state index in [1.54, 1.807) is 32.4 Å². The van der Waals surface area contributed by atoms with Crippen molar-refractivity contribution in [3.63, 3.8) is 0 Å². The van der Waals surface area contributed by atoms with Crippen molar-refractivity contribution in [2.24, 2.45) is 0 Å². The molecule has 0 radical (unpaired) electrons. The first-order chi connectivity index (χ1) is 11.1. The minimum atomic E-state index is -0.188. The largest absolute Gasteiger partial charge is 0.496 e. The van der Waals surface area contributed by atoms with E-state index in [2.05, 4.69) is 5.32 Å². The fourth-order valence-corrected chi connectivity index (χ4v) is 1.97. The van der Waals surface area contributed by atoms with Crippen LogP contribution < -0.4 is 19.5 Å². The Morgan fingerprint density at radius 1 is 0.957 bits per heavy atom. The summed E-state index contributed by atoms with van der Waals surface area (Å²) in [5.41, 5.74) is 2.24. The number of amides is 1. The zero-order valence-corrected chi connectivity index (χ0v) is 13.6. The minimum Gasteiger partial charge on any atom is -0.496 e. The molecule has 0 unspecified atom stereocenters. The third-order valence-corrected chi connectivity index (χ3v) is 3.31. The molecule has 0 aliphatic carbocycles. The Balaban J connectivity index is 1.85. The van der Waals surface area contributed by atoms with Crippen molar-refractivity contribution in [1.82, 2.24) is 5.32 Å². The Hall–Kier alpha value is -2.69. The smallest absolute Gasteiger partial charge is 0.258 e. The first-order valence-electron chi connectivity index (χ1n) is 7.29. The number of hydrogen-bond acceptors (Lipinski definition) is 4. The van der Waals surface area contributed by atoms with E-state index < -0.39 is 0 Å². The first-order valence-corrected chi connectivity index (χ1v) is 7.29. The lowest BCUT2D eigenvalue weighted by Gasteiger charge is -2.10. The molecule has 0 aliphatic rings. The summed E-state index contributed by atoms with van der Waals surface area (Å²) in [4.78, 5) is 11.9. The van der Waals surface area contributed by atoms with Gasteiger partial charge in [-0.2, -0.15) is 0 Å². The number of methoxy groups -OCH3 is 2. The van der Waals surface area contributed by atoms with Gasteiger partial charge in [0.25, 0.3) is 5.91 Å². The molecule has 1 N–H and O–H groups in total. The van der Waals surface area contributed by atoms with Crippen molar-refractivity contribution in [3.05, 3.63) is 53.6 Å². The normalized spacial score (nSPS) is 10.0. The fraction of sp³-hybridized carbons (Fsp3) is 0.278. The van der Waals surface area contributed by atoms with Crippen molar-refractivity contribution in [2.45, 2.75) is 13.5 Å². The predicted octanol–water partition coefficient (Wildman–Crippen LogP) is 2.71. The highest BCUT2D eigenvalue weighted by molar-refractivity contribution is 5.77. The highest BCUT2D eigenvalue weighted by Gasteiger charge is 2.06. The van der Waals surface area contributed by atoms with Crippen LogP contribution in [0.15, 0.2) is 42.5 Å². The summed E-state index contributed by atoms with van der Waals surface area (Å²) in [5, 5.41) is 2.82. The Kier molecular flexibility index (Phi) is 5.86. The molecule has 0 saturated heterocycles. The number of carbonyl (C=O) groups is 1. The van der Waals surface area contributed by atoms with Crippen LogP contribution in [0.5, 0.6) is 17.2 Å². The van der Waals surface area contributed by atoms with Gasteiger partial charge in [0, 0.05) is 24.7 Å². The van der Waals surface area contributed by atoms with Gasteiger partial charge < -0.3 is 19.5 Å². The Morgan fingerprint density at radius 3 is 2.09 bits per heavy atom. The number of hydrogen-bond donors (Lipinski definition) is 1. The van der Waals surface area contributed by atoms with Gasteiger partial charge in [-0.15, -0.1) is 0 Å².